The largest absolute Gasteiger partial charge is 0.394 e. The smallest absolute Gasteiger partial charge is 0.227 e. The fourth-order valence-electron chi connectivity index (χ4n) is 2.82. The summed E-state index contributed by atoms with van der Waals surface area (Å²) in [5, 5.41) is 12.1. The van der Waals surface area contributed by atoms with E-state index in [1.807, 2.05) is 68.4 Å². The molecule has 0 aromatic heterocycles. The van der Waals surface area contributed by atoms with Gasteiger partial charge in [-0.25, -0.2) is 0 Å². The number of aliphatic hydroxyl groups is 1. The Morgan fingerprint density at radius 2 is 1.76 bits per heavy atom. The molecule has 2 atom stereocenters. The highest BCUT2D eigenvalue weighted by Crippen LogP contribution is 2.21. The highest BCUT2D eigenvalue weighted by Gasteiger charge is 2.20. The van der Waals surface area contributed by atoms with Crippen molar-refractivity contribution in [2.75, 3.05) is 19.8 Å². The van der Waals surface area contributed by atoms with Crippen molar-refractivity contribution in [3.05, 3.63) is 71.3 Å². The van der Waals surface area contributed by atoms with Crippen LogP contribution in [0.25, 0.3) is 0 Å². The van der Waals surface area contributed by atoms with Gasteiger partial charge in [-0.2, -0.15) is 0 Å². The maximum absolute atomic E-state index is 12.6. The zero-order valence-electron chi connectivity index (χ0n) is 14.9. The highest BCUT2D eigenvalue weighted by atomic mass is 16.5. The normalized spacial score (nSPS) is 13.2. The van der Waals surface area contributed by atoms with Gasteiger partial charge in [-0.1, -0.05) is 67.1 Å². The van der Waals surface area contributed by atoms with Gasteiger partial charge in [0.05, 0.1) is 25.2 Å². The van der Waals surface area contributed by atoms with Gasteiger partial charge in [0.15, 0.2) is 0 Å². The van der Waals surface area contributed by atoms with Crippen molar-refractivity contribution < 1.29 is 14.6 Å². The lowest BCUT2D eigenvalue weighted by Crippen LogP contribution is -2.33. The topological polar surface area (TPSA) is 58.6 Å². The van der Waals surface area contributed by atoms with Gasteiger partial charge in [0.2, 0.25) is 5.91 Å². The molecule has 0 saturated heterocycles. The van der Waals surface area contributed by atoms with E-state index in [-0.39, 0.29) is 31.1 Å². The molecule has 0 aliphatic carbocycles. The van der Waals surface area contributed by atoms with Gasteiger partial charge in [-0.15, -0.1) is 0 Å². The predicted octanol–water partition coefficient (Wildman–Crippen LogP) is 3.36. The van der Waals surface area contributed by atoms with Crippen molar-refractivity contribution in [3.8, 4) is 0 Å². The Kier molecular flexibility index (Phi) is 7.64. The molecule has 0 heterocycles. The van der Waals surface area contributed by atoms with E-state index in [0.717, 1.165) is 17.5 Å². The average Bonchev–Trinajstić information content (AvgIpc) is 2.64. The fourth-order valence-corrected chi connectivity index (χ4v) is 2.82. The molecule has 2 N–H and O–H groups in total. The van der Waals surface area contributed by atoms with Crippen LogP contribution in [0.4, 0.5) is 0 Å². The van der Waals surface area contributed by atoms with Crippen LogP contribution in [-0.2, 0) is 9.53 Å². The number of carbonyl (C=O) groups excluding carboxylic acids is 1. The van der Waals surface area contributed by atoms with E-state index in [0.29, 0.717) is 6.54 Å². The van der Waals surface area contributed by atoms with Gasteiger partial charge < -0.3 is 15.2 Å². The van der Waals surface area contributed by atoms with Crippen LogP contribution in [0.5, 0.6) is 0 Å². The molecule has 1 amide bonds. The van der Waals surface area contributed by atoms with E-state index < -0.39 is 0 Å². The van der Waals surface area contributed by atoms with E-state index in [9.17, 15) is 4.79 Å². The minimum Gasteiger partial charge on any atom is -0.394 e. The van der Waals surface area contributed by atoms with Crippen LogP contribution in [-0.4, -0.2) is 30.8 Å². The number of rotatable bonds is 9. The Hall–Kier alpha value is -2.17. The summed E-state index contributed by atoms with van der Waals surface area (Å²) >= 11 is 0. The first-order valence-electron chi connectivity index (χ1n) is 8.77. The van der Waals surface area contributed by atoms with Crippen molar-refractivity contribution in [1.29, 1.82) is 0 Å². The summed E-state index contributed by atoms with van der Waals surface area (Å²) in [7, 11) is 0. The van der Waals surface area contributed by atoms with Gasteiger partial charge in [0, 0.05) is 6.54 Å². The van der Waals surface area contributed by atoms with E-state index >= 15 is 0 Å². The van der Waals surface area contributed by atoms with E-state index in [4.69, 9.17) is 9.84 Å². The third-order valence-corrected chi connectivity index (χ3v) is 4.25. The van der Waals surface area contributed by atoms with Gasteiger partial charge in [-0.05, 0) is 24.5 Å². The summed E-state index contributed by atoms with van der Waals surface area (Å²) < 4.78 is 5.72. The first-order chi connectivity index (χ1) is 12.2. The van der Waals surface area contributed by atoms with Crippen LogP contribution in [0.15, 0.2) is 54.6 Å². The number of aryl methyl sites for hydroxylation is 1. The maximum Gasteiger partial charge on any atom is 0.227 e. The van der Waals surface area contributed by atoms with Gasteiger partial charge in [0.1, 0.15) is 0 Å². The first kappa shape index (κ1) is 19.2. The third-order valence-electron chi connectivity index (χ3n) is 4.25. The molecular weight excluding hydrogens is 314 g/mol. The average molecular weight is 341 g/mol. The Morgan fingerprint density at radius 3 is 2.36 bits per heavy atom. The van der Waals surface area contributed by atoms with Crippen molar-refractivity contribution in [2.24, 2.45) is 0 Å². The zero-order valence-corrected chi connectivity index (χ0v) is 14.9. The second-order valence-electron chi connectivity index (χ2n) is 6.11. The molecule has 4 nitrogen and oxygen atoms in total. The Balaban J connectivity index is 2.03. The summed E-state index contributed by atoms with van der Waals surface area (Å²) in [6.45, 7) is 4.62. The quantitative estimate of drug-likeness (QED) is 0.735. The summed E-state index contributed by atoms with van der Waals surface area (Å²) in [6.07, 6.45) is 0.465. The van der Waals surface area contributed by atoms with Crippen LogP contribution in [0, 0.1) is 6.92 Å². The lowest BCUT2D eigenvalue weighted by molar-refractivity contribution is -0.123. The number of benzene rings is 2. The van der Waals surface area contributed by atoms with Crippen molar-refractivity contribution in [1.82, 2.24) is 5.32 Å². The molecule has 0 fully saturated rings. The number of aliphatic hydroxyl groups excluding tert-OH is 1. The van der Waals surface area contributed by atoms with Crippen LogP contribution in [0.3, 0.4) is 0 Å². The summed E-state index contributed by atoms with van der Waals surface area (Å²) in [5.74, 6) is -0.170. The van der Waals surface area contributed by atoms with Crippen LogP contribution >= 0.6 is 0 Å². The minimum atomic E-state index is -0.273. The number of ether oxygens (including phenoxy) is 1. The molecule has 2 aromatic carbocycles. The molecule has 0 aliphatic heterocycles. The molecular formula is C21H27NO3. The molecule has 2 aromatic rings. The lowest BCUT2D eigenvalue weighted by atomic mass is 9.95. The second kappa shape index (κ2) is 9.97. The van der Waals surface area contributed by atoms with E-state index in [1.165, 1.54) is 5.56 Å². The third kappa shape index (κ3) is 5.69. The molecule has 0 spiro atoms. The molecule has 0 saturated carbocycles. The van der Waals surface area contributed by atoms with E-state index in [1.54, 1.807) is 0 Å². The standard InChI is InChI=1S/C21H27NO3/c1-3-19(17-7-5-4-6-8-17)21(24)22-15-20(25-14-13-23)18-11-9-16(2)10-12-18/h4-12,19-20,23H,3,13-15H2,1-2H3,(H,22,24)/t19-,20+/m0/s1. The molecule has 25 heavy (non-hydrogen) atoms. The SMILES string of the molecule is CC[C@H](C(=O)NC[C@@H](OCCO)c1ccc(C)cc1)c1ccccc1. The Bertz CT molecular complexity index is 640. The summed E-state index contributed by atoms with van der Waals surface area (Å²) in [4.78, 5) is 12.6. The number of hydrogen-bond donors (Lipinski definition) is 2. The number of amides is 1. The highest BCUT2D eigenvalue weighted by molar-refractivity contribution is 5.83. The van der Waals surface area contributed by atoms with Crippen molar-refractivity contribution in [3.63, 3.8) is 0 Å². The Morgan fingerprint density at radius 1 is 1.08 bits per heavy atom. The summed E-state index contributed by atoms with van der Waals surface area (Å²) in [5.41, 5.74) is 3.18. The van der Waals surface area contributed by atoms with E-state index in [2.05, 4.69) is 5.32 Å². The van der Waals surface area contributed by atoms with Crippen molar-refractivity contribution in [2.45, 2.75) is 32.3 Å². The molecule has 0 unspecified atom stereocenters. The first-order valence-corrected chi connectivity index (χ1v) is 8.77. The molecule has 2 rings (SSSR count). The summed E-state index contributed by atoms with van der Waals surface area (Å²) in [6, 6.07) is 17.8. The van der Waals surface area contributed by atoms with Crippen molar-refractivity contribution >= 4 is 5.91 Å². The molecule has 4 heteroatoms. The monoisotopic (exact) mass is 341 g/mol. The molecule has 0 aliphatic rings. The van der Waals surface area contributed by atoms with Crippen LogP contribution in [0.1, 0.15) is 42.1 Å². The van der Waals surface area contributed by atoms with Gasteiger partial charge in [-0.3, -0.25) is 4.79 Å². The number of nitrogens with one attached hydrogen (secondary N) is 1. The van der Waals surface area contributed by atoms with Crippen LogP contribution < -0.4 is 5.32 Å². The molecule has 0 bridgehead atoms. The van der Waals surface area contributed by atoms with Gasteiger partial charge >= 0.3 is 0 Å². The lowest BCUT2D eigenvalue weighted by Gasteiger charge is -2.21. The fraction of sp³-hybridized carbons (Fsp3) is 0.381. The van der Waals surface area contributed by atoms with Crippen LogP contribution in [0.2, 0.25) is 0 Å². The number of hydrogen-bond acceptors (Lipinski definition) is 3. The molecule has 0 radical (unpaired) electrons. The zero-order chi connectivity index (χ0) is 18.1. The maximum atomic E-state index is 12.6. The predicted molar refractivity (Wildman–Crippen MR) is 99.4 cm³/mol. The number of carbonyl (C=O) groups is 1. The minimum absolute atomic E-state index is 0.00147. The van der Waals surface area contributed by atoms with Gasteiger partial charge in [0.25, 0.3) is 0 Å². The second-order valence-corrected chi connectivity index (χ2v) is 6.11. The molecule has 134 valence electrons. The Labute approximate surface area is 149 Å².